The molecule has 36 heavy (non-hydrogen) atoms. The molecule has 0 radical (unpaired) electrons. The van der Waals surface area contributed by atoms with Gasteiger partial charge in [-0.25, -0.2) is 4.98 Å². The average molecular weight is 648 g/mol. The van der Waals surface area contributed by atoms with Gasteiger partial charge in [0.25, 0.3) is 0 Å². The Morgan fingerprint density at radius 3 is 2.64 bits per heavy atom. The van der Waals surface area contributed by atoms with E-state index in [1.165, 1.54) is 0 Å². The minimum absolute atomic E-state index is 0. The second-order valence-electron chi connectivity index (χ2n) is 8.19. The first-order valence-corrected chi connectivity index (χ1v) is 11.2. The van der Waals surface area contributed by atoms with Crippen LogP contribution in [0.3, 0.4) is 0 Å². The van der Waals surface area contributed by atoms with Crippen molar-refractivity contribution in [3.63, 3.8) is 0 Å². The van der Waals surface area contributed by atoms with Crippen molar-refractivity contribution in [3.05, 3.63) is 128 Å². The zero-order valence-corrected chi connectivity index (χ0v) is 21.1. The number of allylic oxidation sites excluding steroid dienone is 3. The number of hydrogen-bond donors (Lipinski definition) is 0. The number of aromatic nitrogens is 3. The Morgan fingerprint density at radius 2 is 1.75 bits per heavy atom. The van der Waals surface area contributed by atoms with Gasteiger partial charge in [0.2, 0.25) is 0 Å². The maximum Gasteiger partial charge on any atom is 0.135 e. The molecule has 178 valence electrons. The van der Waals surface area contributed by atoms with Crippen LogP contribution < -0.4 is 9.64 Å². The van der Waals surface area contributed by atoms with Crippen LogP contribution >= 0.6 is 0 Å². The van der Waals surface area contributed by atoms with Gasteiger partial charge < -0.3 is 24.1 Å². The standard InChI is InChI=1S/C29H18N5O.Pt/c1-2-9-27-25(8-1)26-12-11-23(16-28(26)34(27)29-10-3-5-13-31-29)35-24-15-22(17-30-18-24)33-19-21-7-4-6-14-32(21)20-33;/h1-14,17-20H;/q-3;. The zero-order valence-electron chi connectivity index (χ0n) is 18.9. The summed E-state index contributed by atoms with van der Waals surface area (Å²) in [6, 6.07) is 25.0. The normalized spacial score (nSPS) is 14.2. The molecule has 0 N–H and O–H groups in total. The van der Waals surface area contributed by atoms with E-state index in [-0.39, 0.29) is 21.1 Å². The molecule has 2 aromatic carbocycles. The van der Waals surface area contributed by atoms with Crippen LogP contribution in [0.5, 0.6) is 11.5 Å². The number of fused-ring (bicyclic) bond motifs is 4. The first kappa shape index (κ1) is 22.3. The third-order valence-electron chi connectivity index (χ3n) is 6.02. The Hall–Kier alpha value is -4.15. The second-order valence-corrected chi connectivity index (χ2v) is 8.19. The van der Waals surface area contributed by atoms with Gasteiger partial charge in [-0.1, -0.05) is 47.7 Å². The molecule has 2 aliphatic heterocycles. The van der Waals surface area contributed by atoms with Gasteiger partial charge in [-0.2, -0.15) is 6.07 Å². The van der Waals surface area contributed by atoms with E-state index < -0.39 is 0 Å². The Balaban J connectivity index is 0.00000240. The summed E-state index contributed by atoms with van der Waals surface area (Å²) in [6.45, 7) is 1.98. The third-order valence-corrected chi connectivity index (χ3v) is 6.02. The van der Waals surface area contributed by atoms with Gasteiger partial charge in [0.05, 0.1) is 0 Å². The van der Waals surface area contributed by atoms with Crippen molar-refractivity contribution in [2.24, 2.45) is 0 Å². The van der Waals surface area contributed by atoms with Crippen molar-refractivity contribution >= 4 is 27.5 Å². The predicted molar refractivity (Wildman–Crippen MR) is 136 cm³/mol. The molecule has 0 amide bonds. The van der Waals surface area contributed by atoms with E-state index in [1.54, 1.807) is 18.6 Å². The van der Waals surface area contributed by atoms with Gasteiger partial charge in [-0.3, -0.25) is 0 Å². The first-order chi connectivity index (χ1) is 17.3. The van der Waals surface area contributed by atoms with E-state index in [0.717, 1.165) is 39.0 Å². The Kier molecular flexibility index (Phi) is 5.66. The number of pyridine rings is 2. The predicted octanol–water partition coefficient (Wildman–Crippen LogP) is 6.13. The van der Waals surface area contributed by atoms with E-state index >= 15 is 0 Å². The van der Waals surface area contributed by atoms with Crippen LogP contribution in [-0.4, -0.2) is 19.4 Å². The Labute approximate surface area is 222 Å². The fourth-order valence-electron chi connectivity index (χ4n) is 4.45. The molecule has 5 aromatic rings. The molecule has 0 atom stereocenters. The molecule has 5 heterocycles. The second kappa shape index (κ2) is 9.14. The topological polar surface area (TPSA) is 46.4 Å². The smallest absolute Gasteiger partial charge is 0.135 e. The maximum absolute atomic E-state index is 6.18. The van der Waals surface area contributed by atoms with Crippen LogP contribution in [-0.2, 0) is 21.1 Å². The van der Waals surface area contributed by atoms with Crippen molar-refractivity contribution in [2.45, 2.75) is 0 Å². The molecule has 0 spiro atoms. The SMILES string of the molecule is [Pt].[c-]1c(Oc2[c-]c3c(cc2)c2ccccc2n3-c2ccccn2)cncc1N1C=C2C=CC=CN2[CH-]1. The number of benzene rings is 2. The summed E-state index contributed by atoms with van der Waals surface area (Å²) in [5.41, 5.74) is 3.84. The number of ether oxygens (including phenoxy) is 1. The minimum Gasteiger partial charge on any atom is -0.508 e. The van der Waals surface area contributed by atoms with Crippen LogP contribution in [0.15, 0.2) is 110 Å². The molecule has 7 rings (SSSR count). The first-order valence-electron chi connectivity index (χ1n) is 11.2. The molecular weight excluding hydrogens is 629 g/mol. The van der Waals surface area contributed by atoms with Crippen molar-refractivity contribution in [3.8, 4) is 17.3 Å². The fourth-order valence-corrected chi connectivity index (χ4v) is 4.45. The van der Waals surface area contributed by atoms with E-state index in [2.05, 4.69) is 50.9 Å². The van der Waals surface area contributed by atoms with E-state index in [0.29, 0.717) is 11.5 Å². The molecule has 0 saturated heterocycles. The van der Waals surface area contributed by atoms with E-state index in [9.17, 15) is 0 Å². The molecular formula is C29H18N5OPt-3. The summed E-state index contributed by atoms with van der Waals surface area (Å²) in [5, 5.41) is 2.23. The van der Waals surface area contributed by atoms with Gasteiger partial charge in [0.1, 0.15) is 5.82 Å². The van der Waals surface area contributed by atoms with Crippen LogP contribution in [0.4, 0.5) is 5.69 Å². The molecule has 0 aliphatic carbocycles. The molecule has 0 bridgehead atoms. The van der Waals surface area contributed by atoms with Gasteiger partial charge in [-0.05, 0) is 54.3 Å². The summed E-state index contributed by atoms with van der Waals surface area (Å²) in [6.07, 6.45) is 15.3. The molecule has 7 heteroatoms. The van der Waals surface area contributed by atoms with Crippen molar-refractivity contribution < 1.29 is 25.8 Å². The van der Waals surface area contributed by atoms with Gasteiger partial charge in [-0.15, -0.1) is 30.3 Å². The van der Waals surface area contributed by atoms with Crippen LogP contribution in [0.25, 0.3) is 27.6 Å². The van der Waals surface area contributed by atoms with Crippen molar-refractivity contribution in [1.29, 1.82) is 0 Å². The number of hydrogen-bond acceptors (Lipinski definition) is 5. The van der Waals surface area contributed by atoms with E-state index in [4.69, 9.17) is 4.74 Å². The number of rotatable bonds is 4. The average Bonchev–Trinajstić information content (AvgIpc) is 3.49. The van der Waals surface area contributed by atoms with Crippen LogP contribution in [0.1, 0.15) is 0 Å². The largest absolute Gasteiger partial charge is 0.508 e. The number of para-hydroxylation sites is 1. The monoisotopic (exact) mass is 647 g/mol. The molecule has 0 fully saturated rings. The van der Waals surface area contributed by atoms with Crippen molar-refractivity contribution in [2.75, 3.05) is 4.90 Å². The van der Waals surface area contributed by atoms with Gasteiger partial charge >= 0.3 is 0 Å². The summed E-state index contributed by atoms with van der Waals surface area (Å²) < 4.78 is 8.29. The molecule has 2 aliphatic rings. The summed E-state index contributed by atoms with van der Waals surface area (Å²) in [5.74, 6) is 1.93. The summed E-state index contributed by atoms with van der Waals surface area (Å²) >= 11 is 0. The van der Waals surface area contributed by atoms with Gasteiger partial charge in [0, 0.05) is 50.0 Å². The minimum atomic E-state index is 0. The third kappa shape index (κ3) is 3.80. The summed E-state index contributed by atoms with van der Waals surface area (Å²) in [4.78, 5) is 13.0. The van der Waals surface area contributed by atoms with Gasteiger partial charge in [0.15, 0.2) is 0 Å². The Bertz CT molecular complexity index is 1670. The van der Waals surface area contributed by atoms with Crippen LogP contribution in [0.2, 0.25) is 0 Å². The summed E-state index contributed by atoms with van der Waals surface area (Å²) in [7, 11) is 0. The van der Waals surface area contributed by atoms with E-state index in [1.807, 2.05) is 77.4 Å². The number of nitrogens with zero attached hydrogens (tertiary/aromatic N) is 5. The maximum atomic E-state index is 6.18. The molecule has 0 saturated carbocycles. The van der Waals surface area contributed by atoms with Crippen LogP contribution in [0, 0.1) is 18.8 Å². The zero-order chi connectivity index (χ0) is 23.2. The van der Waals surface area contributed by atoms with Crippen molar-refractivity contribution in [1.82, 2.24) is 19.4 Å². The quantitative estimate of drug-likeness (QED) is 0.220. The fraction of sp³-hybridized carbons (Fsp3) is 0. The Morgan fingerprint density at radius 1 is 0.833 bits per heavy atom. The molecule has 3 aromatic heterocycles. The number of anilines is 1. The molecule has 6 nitrogen and oxygen atoms in total. The molecule has 0 unspecified atom stereocenters.